The van der Waals surface area contributed by atoms with Crippen LogP contribution in [0.3, 0.4) is 0 Å². The molecule has 2 N–H and O–H groups in total. The number of hydrogen-bond donors (Lipinski definition) is 2. The van der Waals surface area contributed by atoms with Crippen molar-refractivity contribution in [3.8, 4) is 12.3 Å². The first-order chi connectivity index (χ1) is 19.9. The SMILES string of the molecule is C#Cc1c(C)/c(=C/c2[n-]c(C[C@]34[N-][C@@]3(C)C(CCC(=O)O)=C4C)c(C)c2CC)[n-]/c1=C\[C@]12[N-]C1C(CC)=C2C.O=CO.[Fe+4]. The van der Waals surface area contributed by atoms with Crippen molar-refractivity contribution in [2.45, 2.75) is 103 Å². The van der Waals surface area contributed by atoms with Gasteiger partial charge < -0.3 is 30.8 Å². The molecule has 2 saturated heterocycles. The topological polar surface area (TPSA) is 131 Å². The van der Waals surface area contributed by atoms with E-state index in [1.54, 1.807) is 0 Å². The second-order valence-corrected chi connectivity index (χ2v) is 11.9. The summed E-state index contributed by atoms with van der Waals surface area (Å²) in [5.74, 6) is 2.12. The third kappa shape index (κ3) is 4.67. The molecule has 0 spiro atoms. The Kier molecular flexibility index (Phi) is 8.60. The molecule has 4 aliphatic rings. The Morgan fingerprint density at radius 1 is 1.07 bits per heavy atom. The van der Waals surface area contributed by atoms with Gasteiger partial charge in [-0.1, -0.05) is 83.7 Å². The fraction of sp³-hybridized carbons (Fsp3) is 0.471. The molecule has 0 amide bonds. The minimum atomic E-state index is -0.764. The molecular formula is C34H38FeN4O4. The molecule has 2 aliphatic carbocycles. The van der Waals surface area contributed by atoms with Gasteiger partial charge >= 0.3 is 23.0 Å². The smallest absolute Gasteiger partial charge is 0.661 e. The molecule has 43 heavy (non-hydrogen) atoms. The van der Waals surface area contributed by atoms with Crippen molar-refractivity contribution in [2.75, 3.05) is 0 Å². The van der Waals surface area contributed by atoms with Crippen LogP contribution in [0.2, 0.25) is 0 Å². The average Bonchev–Trinajstić information content (AvgIpc) is 3.64. The Morgan fingerprint density at radius 3 is 2.28 bits per heavy atom. The van der Waals surface area contributed by atoms with Gasteiger partial charge in [-0.25, -0.2) is 0 Å². The Morgan fingerprint density at radius 2 is 1.74 bits per heavy atom. The van der Waals surface area contributed by atoms with Gasteiger partial charge in [0.25, 0.3) is 6.47 Å². The van der Waals surface area contributed by atoms with E-state index in [1.807, 2.05) is 6.92 Å². The largest absolute Gasteiger partial charge is 4.00 e. The van der Waals surface area contributed by atoms with E-state index in [9.17, 15) is 4.79 Å². The van der Waals surface area contributed by atoms with Crippen LogP contribution < -0.4 is 20.7 Å². The van der Waals surface area contributed by atoms with Crippen molar-refractivity contribution in [1.82, 2.24) is 9.97 Å². The summed E-state index contributed by atoms with van der Waals surface area (Å²) in [5, 5.41) is 27.6. The first-order valence-corrected chi connectivity index (χ1v) is 14.6. The van der Waals surface area contributed by atoms with Gasteiger partial charge in [-0.05, 0) is 47.0 Å². The van der Waals surface area contributed by atoms with Crippen LogP contribution in [0.5, 0.6) is 0 Å². The van der Waals surface area contributed by atoms with Crippen molar-refractivity contribution in [3.05, 3.63) is 77.3 Å². The minimum Gasteiger partial charge on any atom is -0.661 e. The summed E-state index contributed by atoms with van der Waals surface area (Å²) in [6, 6.07) is 0.303. The van der Waals surface area contributed by atoms with E-state index in [2.05, 4.69) is 59.6 Å². The van der Waals surface area contributed by atoms with Crippen LogP contribution in [0.15, 0.2) is 22.3 Å². The summed E-state index contributed by atoms with van der Waals surface area (Å²) in [7, 11) is 0. The van der Waals surface area contributed by atoms with Gasteiger partial charge in [0, 0.05) is 12.0 Å². The molecule has 6 rings (SSSR count). The number of carboxylic acid groups (broad SMARTS) is 2. The minimum absolute atomic E-state index is 0. The van der Waals surface area contributed by atoms with E-state index in [-0.39, 0.29) is 46.6 Å². The molecule has 0 radical (unpaired) electrons. The summed E-state index contributed by atoms with van der Waals surface area (Å²) >= 11 is 0. The van der Waals surface area contributed by atoms with Crippen LogP contribution in [-0.2, 0) is 39.5 Å². The second kappa shape index (κ2) is 11.3. The fourth-order valence-corrected chi connectivity index (χ4v) is 7.57. The molecule has 4 atom stereocenters. The number of carboxylic acids is 1. The molecular weight excluding hydrogens is 584 g/mol. The first-order valence-electron chi connectivity index (χ1n) is 14.6. The summed E-state index contributed by atoms with van der Waals surface area (Å²) in [6.07, 6.45) is 13.6. The van der Waals surface area contributed by atoms with Gasteiger partial charge in [-0.2, -0.15) is 5.69 Å². The average molecular weight is 623 g/mol. The van der Waals surface area contributed by atoms with Gasteiger partial charge in [-0.15, -0.1) is 46.0 Å². The third-order valence-corrected chi connectivity index (χ3v) is 10.2. The quantitative estimate of drug-likeness (QED) is 0.143. The number of hydrogen-bond acceptors (Lipinski definition) is 2. The third-order valence-electron chi connectivity index (χ3n) is 10.2. The van der Waals surface area contributed by atoms with Crippen LogP contribution >= 0.6 is 0 Å². The maximum Gasteiger partial charge on any atom is 4.00 e. The van der Waals surface area contributed by atoms with Crippen molar-refractivity contribution in [2.24, 2.45) is 0 Å². The van der Waals surface area contributed by atoms with Crippen LogP contribution in [0, 0.1) is 26.2 Å². The molecule has 226 valence electrons. The molecule has 1 unspecified atom stereocenters. The maximum atomic E-state index is 11.1. The van der Waals surface area contributed by atoms with Gasteiger partial charge in [0.05, 0.1) is 0 Å². The van der Waals surface area contributed by atoms with Crippen LogP contribution in [-0.4, -0.2) is 45.3 Å². The Balaban J connectivity index is 0.00000102. The van der Waals surface area contributed by atoms with E-state index in [1.165, 1.54) is 33.4 Å². The Hall–Kier alpha value is -3.28. The molecule has 4 heterocycles. The molecule has 0 saturated carbocycles. The molecule has 0 aromatic carbocycles. The number of terminal acetylenes is 1. The predicted octanol–water partition coefficient (Wildman–Crippen LogP) is 3.93. The van der Waals surface area contributed by atoms with Gasteiger partial charge in [0.1, 0.15) is 0 Å². The predicted molar refractivity (Wildman–Crippen MR) is 163 cm³/mol. The standard InChI is InChI=1S/C33H36N4O2.CH2O2.Fe/c1-9-21-18(5)27(16-33-20(7)24(12-13-29(38)39)31(33,8)37-33)35-26(21)14-25-17(4)22(10-2)28(34-25)15-32-19(6)23(11-3)30(32)36-32;2-1-3;/h2,14-15,30H,9,11-13,16H2,1,3-8H3,(H,38,39);1H,(H,2,3);/q-4;;+4/b25-14-,28-15-;;/t30?,31-,32+,33+;;/m0../s1. The van der Waals surface area contributed by atoms with E-state index in [0.29, 0.717) is 12.5 Å². The summed E-state index contributed by atoms with van der Waals surface area (Å²) in [4.78, 5) is 29.6. The van der Waals surface area contributed by atoms with E-state index < -0.39 is 5.97 Å². The van der Waals surface area contributed by atoms with E-state index in [0.717, 1.165) is 52.5 Å². The fourth-order valence-electron chi connectivity index (χ4n) is 7.57. The molecule has 8 nitrogen and oxygen atoms in total. The van der Waals surface area contributed by atoms with Gasteiger partial charge in [0.15, 0.2) is 0 Å². The van der Waals surface area contributed by atoms with Gasteiger partial charge in [-0.3, -0.25) is 9.59 Å². The van der Waals surface area contributed by atoms with Crippen LogP contribution in [0.4, 0.5) is 0 Å². The first kappa shape index (κ1) is 32.6. The Bertz CT molecular complexity index is 1740. The number of aromatic nitrogens is 2. The Labute approximate surface area is 263 Å². The normalized spacial score (nSPS) is 28.5. The molecule has 2 aromatic rings. The summed E-state index contributed by atoms with van der Waals surface area (Å²) in [6.45, 7) is 14.7. The maximum absolute atomic E-state index is 11.1. The number of aliphatic carboxylic acids is 1. The monoisotopic (exact) mass is 622 g/mol. The number of rotatable bonds is 9. The summed E-state index contributed by atoms with van der Waals surface area (Å²) in [5.41, 5.74) is 10.8. The molecule has 9 heteroatoms. The van der Waals surface area contributed by atoms with E-state index in [4.69, 9.17) is 42.0 Å². The van der Waals surface area contributed by atoms with Crippen LogP contribution in [0.1, 0.15) is 87.5 Å². The van der Waals surface area contributed by atoms with Crippen molar-refractivity contribution < 1.29 is 36.9 Å². The zero-order chi connectivity index (χ0) is 30.8. The van der Waals surface area contributed by atoms with E-state index >= 15 is 0 Å². The van der Waals surface area contributed by atoms with Crippen molar-refractivity contribution >= 4 is 24.6 Å². The second-order valence-electron chi connectivity index (χ2n) is 11.9. The number of nitrogens with zero attached hydrogens (tertiary/aromatic N) is 4. The molecule has 2 fully saturated rings. The zero-order valence-corrected chi connectivity index (χ0v) is 26.9. The van der Waals surface area contributed by atoms with Crippen LogP contribution in [0.25, 0.3) is 22.8 Å². The molecule has 2 aliphatic heterocycles. The number of fused-ring (bicyclic) bond motifs is 2. The zero-order valence-electron chi connectivity index (χ0n) is 25.8. The number of carbonyl (C=O) groups is 2. The van der Waals surface area contributed by atoms with Gasteiger partial charge in [0.2, 0.25) is 0 Å². The summed E-state index contributed by atoms with van der Waals surface area (Å²) < 4.78 is 0. The molecule has 2 aromatic heterocycles. The van der Waals surface area contributed by atoms with Crippen molar-refractivity contribution in [3.63, 3.8) is 0 Å². The molecule has 0 bridgehead atoms. The van der Waals surface area contributed by atoms with Crippen molar-refractivity contribution in [1.29, 1.82) is 0 Å².